The van der Waals surface area contributed by atoms with Crippen LogP contribution in [0, 0.1) is 5.82 Å². The van der Waals surface area contributed by atoms with E-state index in [-0.39, 0.29) is 23.4 Å². The zero-order chi connectivity index (χ0) is 22.0. The number of hydrogen-bond acceptors (Lipinski definition) is 6. The average Bonchev–Trinajstić information content (AvgIpc) is 3.52. The summed E-state index contributed by atoms with van der Waals surface area (Å²) in [6.07, 6.45) is 7.10. The molecular weight excluding hydrogens is 405 g/mol. The number of imidazole rings is 1. The van der Waals surface area contributed by atoms with Gasteiger partial charge in [0.25, 0.3) is 11.7 Å². The summed E-state index contributed by atoms with van der Waals surface area (Å²) < 4.78 is 26.4. The van der Waals surface area contributed by atoms with Gasteiger partial charge >= 0.3 is 0 Å². The number of hydrogen-bond donors (Lipinski definition) is 1. The van der Waals surface area contributed by atoms with Crippen LogP contribution in [0.25, 0.3) is 5.76 Å². The minimum Gasteiger partial charge on any atom is -0.507 e. The third-order valence-electron chi connectivity index (χ3n) is 5.15. The molecule has 1 atom stereocenters. The molecule has 4 rings (SSSR count). The van der Waals surface area contributed by atoms with E-state index in [0.29, 0.717) is 18.7 Å². The normalized spacial score (nSPS) is 18.0. The van der Waals surface area contributed by atoms with Gasteiger partial charge in [-0.05, 0) is 36.8 Å². The number of rotatable bonds is 7. The van der Waals surface area contributed by atoms with Crippen molar-refractivity contribution < 1.29 is 28.2 Å². The second kappa shape index (κ2) is 8.47. The maximum Gasteiger partial charge on any atom is 0.295 e. The van der Waals surface area contributed by atoms with Crippen LogP contribution in [0.3, 0.4) is 0 Å². The highest BCUT2D eigenvalue weighted by molar-refractivity contribution is 6.46. The number of furan rings is 1. The number of carbonyl (C=O) groups is 2. The van der Waals surface area contributed by atoms with Crippen LogP contribution in [0.4, 0.5) is 4.39 Å². The highest BCUT2D eigenvalue weighted by atomic mass is 19.1. The second-order valence-electron chi connectivity index (χ2n) is 7.01. The maximum atomic E-state index is 14.2. The molecule has 31 heavy (non-hydrogen) atoms. The number of aryl methyl sites for hydroxylation is 1. The third kappa shape index (κ3) is 3.81. The summed E-state index contributed by atoms with van der Waals surface area (Å²) in [5, 5.41) is 10.9. The van der Waals surface area contributed by atoms with Gasteiger partial charge in [0.1, 0.15) is 17.6 Å². The molecule has 3 heterocycles. The first-order chi connectivity index (χ1) is 15.0. The average molecular weight is 425 g/mol. The van der Waals surface area contributed by atoms with Gasteiger partial charge in [0.05, 0.1) is 25.3 Å². The molecular formula is C22H20FN3O5. The molecule has 9 heteroatoms. The van der Waals surface area contributed by atoms with E-state index in [1.165, 1.54) is 30.4 Å². The molecule has 0 spiro atoms. The van der Waals surface area contributed by atoms with Gasteiger partial charge in [-0.2, -0.15) is 0 Å². The van der Waals surface area contributed by atoms with E-state index in [0.717, 1.165) is 6.07 Å². The molecule has 1 fully saturated rings. The monoisotopic (exact) mass is 425 g/mol. The molecule has 1 amide bonds. The van der Waals surface area contributed by atoms with Gasteiger partial charge in [0.15, 0.2) is 11.6 Å². The molecule has 3 aromatic rings. The predicted molar refractivity (Wildman–Crippen MR) is 108 cm³/mol. The Balaban J connectivity index is 1.70. The largest absolute Gasteiger partial charge is 0.507 e. The van der Waals surface area contributed by atoms with Crippen molar-refractivity contribution in [3.05, 3.63) is 78.0 Å². The molecule has 1 saturated heterocycles. The van der Waals surface area contributed by atoms with Crippen LogP contribution in [-0.2, 0) is 16.1 Å². The number of benzene rings is 1. The van der Waals surface area contributed by atoms with Crippen LogP contribution < -0.4 is 4.74 Å². The fourth-order valence-corrected chi connectivity index (χ4v) is 3.67. The Kier molecular flexibility index (Phi) is 5.57. The van der Waals surface area contributed by atoms with E-state index in [1.807, 2.05) is 4.57 Å². The fourth-order valence-electron chi connectivity index (χ4n) is 3.67. The number of ketones is 1. The molecule has 8 nitrogen and oxygen atoms in total. The third-order valence-corrected chi connectivity index (χ3v) is 5.15. The zero-order valence-electron chi connectivity index (χ0n) is 16.7. The van der Waals surface area contributed by atoms with Crippen LogP contribution >= 0.6 is 0 Å². The smallest absolute Gasteiger partial charge is 0.295 e. The lowest BCUT2D eigenvalue weighted by Gasteiger charge is -2.23. The number of ether oxygens (including phenoxy) is 1. The van der Waals surface area contributed by atoms with E-state index in [9.17, 15) is 19.1 Å². The Bertz CT molecular complexity index is 1120. The Labute approximate surface area is 177 Å². The van der Waals surface area contributed by atoms with Crippen LogP contribution in [0.1, 0.15) is 23.8 Å². The molecule has 1 N–H and O–H groups in total. The number of aliphatic hydroxyl groups is 1. The summed E-state index contributed by atoms with van der Waals surface area (Å²) in [6, 6.07) is 6.16. The minimum absolute atomic E-state index is 0.000845. The first kappa shape index (κ1) is 20.4. The number of likely N-dealkylation sites (tertiary alicyclic amines) is 1. The molecule has 2 aromatic heterocycles. The van der Waals surface area contributed by atoms with Gasteiger partial charge < -0.3 is 23.7 Å². The molecule has 0 radical (unpaired) electrons. The zero-order valence-corrected chi connectivity index (χ0v) is 16.7. The number of amides is 1. The number of nitrogens with zero attached hydrogens (tertiary/aromatic N) is 3. The van der Waals surface area contributed by atoms with E-state index in [2.05, 4.69) is 4.98 Å². The van der Waals surface area contributed by atoms with E-state index >= 15 is 0 Å². The van der Waals surface area contributed by atoms with Crippen molar-refractivity contribution in [3.8, 4) is 5.75 Å². The van der Waals surface area contributed by atoms with Crippen molar-refractivity contribution >= 4 is 17.4 Å². The summed E-state index contributed by atoms with van der Waals surface area (Å²) in [5.41, 5.74) is -0.0848. The van der Waals surface area contributed by atoms with Crippen molar-refractivity contribution in [3.63, 3.8) is 0 Å². The molecule has 1 aromatic carbocycles. The van der Waals surface area contributed by atoms with E-state index in [4.69, 9.17) is 9.15 Å². The van der Waals surface area contributed by atoms with Crippen LogP contribution in [0.15, 0.2) is 65.3 Å². The van der Waals surface area contributed by atoms with Crippen molar-refractivity contribution in [2.24, 2.45) is 0 Å². The van der Waals surface area contributed by atoms with Gasteiger partial charge in [0.2, 0.25) is 0 Å². The lowest BCUT2D eigenvalue weighted by atomic mass is 9.99. The number of halogens is 1. The predicted octanol–water partition coefficient (Wildman–Crippen LogP) is 3.14. The summed E-state index contributed by atoms with van der Waals surface area (Å²) in [5.74, 6) is -2.44. The van der Waals surface area contributed by atoms with E-state index < -0.39 is 29.3 Å². The SMILES string of the molecule is COc1ccc(C(O)=C2C(=O)C(=O)N(CCCn3ccnc3)[C@@H]2c2ccco2)cc1F. The standard InChI is InChI=1S/C22H20FN3O5/c1-30-16-6-5-14(12-15(16)23)20(27)18-19(17-4-2-11-31-17)26(22(29)21(18)28)9-3-8-25-10-7-24-13-25/h2,4-7,10-13,19,27H,3,8-9H2,1H3/t19-/m1/s1. The summed E-state index contributed by atoms with van der Waals surface area (Å²) in [7, 11) is 1.32. The minimum atomic E-state index is -0.914. The molecule has 1 aliphatic rings. The Morgan fingerprint density at radius 1 is 1.29 bits per heavy atom. The van der Waals surface area contributed by atoms with Crippen molar-refractivity contribution in [2.75, 3.05) is 13.7 Å². The first-order valence-corrected chi connectivity index (χ1v) is 9.62. The molecule has 160 valence electrons. The Morgan fingerprint density at radius 3 is 2.77 bits per heavy atom. The lowest BCUT2D eigenvalue weighted by Crippen LogP contribution is -2.31. The first-order valence-electron chi connectivity index (χ1n) is 9.62. The number of carbonyl (C=O) groups excluding carboxylic acids is 2. The van der Waals surface area contributed by atoms with Gasteiger partial charge in [-0.25, -0.2) is 9.37 Å². The molecule has 0 aliphatic carbocycles. The molecule has 0 saturated carbocycles. The number of Topliss-reactive ketones (excluding diaryl/α,β-unsaturated/α-hetero) is 1. The summed E-state index contributed by atoms with van der Waals surface area (Å²) in [6.45, 7) is 0.847. The highest BCUT2D eigenvalue weighted by Crippen LogP contribution is 2.40. The van der Waals surface area contributed by atoms with Gasteiger partial charge in [-0.1, -0.05) is 0 Å². The molecule has 0 unspecified atom stereocenters. The van der Waals surface area contributed by atoms with Crippen molar-refractivity contribution in [1.82, 2.24) is 14.5 Å². The Morgan fingerprint density at radius 2 is 2.13 bits per heavy atom. The molecule has 0 bridgehead atoms. The van der Waals surface area contributed by atoms with Crippen LogP contribution in [0.2, 0.25) is 0 Å². The Hall–Kier alpha value is -3.88. The summed E-state index contributed by atoms with van der Waals surface area (Å²) in [4.78, 5) is 31.0. The second-order valence-corrected chi connectivity index (χ2v) is 7.01. The van der Waals surface area contributed by atoms with Gasteiger partial charge in [-0.15, -0.1) is 0 Å². The topological polar surface area (TPSA) is 97.8 Å². The van der Waals surface area contributed by atoms with Gasteiger partial charge in [-0.3, -0.25) is 9.59 Å². The van der Waals surface area contributed by atoms with Crippen LogP contribution in [-0.4, -0.2) is 44.9 Å². The molecule has 1 aliphatic heterocycles. The van der Waals surface area contributed by atoms with E-state index in [1.54, 1.807) is 30.9 Å². The van der Waals surface area contributed by atoms with Crippen molar-refractivity contribution in [1.29, 1.82) is 0 Å². The number of methoxy groups -OCH3 is 1. The number of aromatic nitrogens is 2. The number of aliphatic hydroxyl groups excluding tert-OH is 1. The quantitative estimate of drug-likeness (QED) is 0.355. The highest BCUT2D eigenvalue weighted by Gasteiger charge is 2.47. The summed E-state index contributed by atoms with van der Waals surface area (Å²) >= 11 is 0. The van der Waals surface area contributed by atoms with Crippen LogP contribution in [0.5, 0.6) is 5.75 Å². The van der Waals surface area contributed by atoms with Crippen molar-refractivity contribution in [2.45, 2.75) is 19.0 Å². The lowest BCUT2D eigenvalue weighted by molar-refractivity contribution is -0.140. The fraction of sp³-hybridized carbons (Fsp3) is 0.227. The maximum absolute atomic E-state index is 14.2. The van der Waals surface area contributed by atoms with Gasteiger partial charge in [0, 0.05) is 31.0 Å².